The number of likely N-dealkylation sites (tertiary alicyclic amines) is 1. The van der Waals surface area contributed by atoms with E-state index in [1.807, 2.05) is 17.0 Å². The summed E-state index contributed by atoms with van der Waals surface area (Å²) in [5.41, 5.74) is 0.740. The van der Waals surface area contributed by atoms with Crippen molar-refractivity contribution in [3.05, 3.63) is 32.4 Å². The van der Waals surface area contributed by atoms with Gasteiger partial charge in [-0.2, -0.15) is 0 Å². The zero-order chi connectivity index (χ0) is 13.0. The van der Waals surface area contributed by atoms with Crippen molar-refractivity contribution in [3.63, 3.8) is 0 Å². The minimum atomic E-state index is 0.129. The summed E-state index contributed by atoms with van der Waals surface area (Å²) in [6.45, 7) is 1.75. The van der Waals surface area contributed by atoms with Crippen molar-refractivity contribution < 1.29 is 4.79 Å². The first-order chi connectivity index (χ1) is 8.68. The molecule has 0 aliphatic carbocycles. The molecule has 1 aromatic carbocycles. The molecule has 1 saturated heterocycles. The largest absolute Gasteiger partial charge is 0.339 e. The van der Waals surface area contributed by atoms with Crippen LogP contribution in [0.15, 0.2) is 18.2 Å². The lowest BCUT2D eigenvalue weighted by molar-refractivity contribution is 0.0741. The first-order valence-corrected chi connectivity index (χ1v) is 7.88. The van der Waals surface area contributed by atoms with Gasteiger partial charge in [-0.25, -0.2) is 0 Å². The molecule has 0 bridgehead atoms. The molecule has 18 heavy (non-hydrogen) atoms. The average Bonchev–Trinajstić information content (AvgIpc) is 2.31. The Bertz CT molecular complexity index is 428. The van der Waals surface area contributed by atoms with Gasteiger partial charge in [0.1, 0.15) is 0 Å². The van der Waals surface area contributed by atoms with Crippen molar-refractivity contribution in [1.29, 1.82) is 0 Å². The normalized spacial score (nSPS) is 17.1. The van der Waals surface area contributed by atoms with Gasteiger partial charge in [0.05, 0.1) is 5.56 Å². The smallest absolute Gasteiger partial charge is 0.254 e. The summed E-state index contributed by atoms with van der Waals surface area (Å²) in [5, 5.41) is 0.630. The minimum Gasteiger partial charge on any atom is -0.339 e. The Balaban J connectivity index is 2.15. The molecule has 0 radical (unpaired) electrons. The lowest BCUT2D eigenvalue weighted by atomic mass is 10.1. The van der Waals surface area contributed by atoms with Crippen molar-refractivity contribution in [2.24, 2.45) is 0 Å². The molecule has 0 N–H and O–H groups in total. The summed E-state index contributed by atoms with van der Waals surface area (Å²) in [5.74, 6) is 0.129. The van der Waals surface area contributed by atoms with Crippen LogP contribution in [-0.4, -0.2) is 23.9 Å². The van der Waals surface area contributed by atoms with Gasteiger partial charge in [-0.1, -0.05) is 30.9 Å². The van der Waals surface area contributed by atoms with Crippen LogP contribution in [0.4, 0.5) is 0 Å². The van der Waals surface area contributed by atoms with Crippen LogP contribution < -0.4 is 0 Å². The maximum absolute atomic E-state index is 12.5. The monoisotopic (exact) mass is 377 g/mol. The topological polar surface area (TPSA) is 20.3 Å². The van der Waals surface area contributed by atoms with Gasteiger partial charge in [-0.3, -0.25) is 4.79 Å². The fourth-order valence-electron chi connectivity index (χ4n) is 2.28. The molecule has 0 saturated carbocycles. The van der Waals surface area contributed by atoms with Crippen molar-refractivity contribution >= 4 is 40.1 Å². The molecule has 1 aromatic rings. The van der Waals surface area contributed by atoms with E-state index in [0.717, 1.165) is 35.1 Å². The Labute approximate surface area is 127 Å². The number of amides is 1. The number of carbonyl (C=O) groups excluding carboxylic acids is 1. The van der Waals surface area contributed by atoms with Crippen LogP contribution in [-0.2, 0) is 0 Å². The zero-order valence-corrected chi connectivity index (χ0v) is 13.2. The Hall–Kier alpha value is -0.290. The SMILES string of the molecule is O=C(c1cc(Cl)ccc1I)N1CCCCCCC1. The second-order valence-electron chi connectivity index (χ2n) is 4.68. The van der Waals surface area contributed by atoms with Gasteiger partial charge in [-0.15, -0.1) is 0 Å². The number of carbonyl (C=O) groups is 1. The van der Waals surface area contributed by atoms with Gasteiger partial charge in [0.2, 0.25) is 0 Å². The summed E-state index contributed by atoms with van der Waals surface area (Å²) in [6, 6.07) is 5.51. The zero-order valence-electron chi connectivity index (χ0n) is 10.3. The van der Waals surface area contributed by atoms with E-state index in [1.165, 1.54) is 19.3 Å². The number of benzene rings is 1. The van der Waals surface area contributed by atoms with E-state index in [0.29, 0.717) is 5.02 Å². The molecule has 2 rings (SSSR count). The maximum Gasteiger partial charge on any atom is 0.254 e. The highest BCUT2D eigenvalue weighted by atomic mass is 127. The van der Waals surface area contributed by atoms with Crippen molar-refractivity contribution in [2.45, 2.75) is 32.1 Å². The fraction of sp³-hybridized carbons (Fsp3) is 0.500. The molecule has 1 fully saturated rings. The lowest BCUT2D eigenvalue weighted by Gasteiger charge is -2.25. The van der Waals surface area contributed by atoms with Gasteiger partial charge in [0, 0.05) is 21.7 Å². The Morgan fingerprint density at radius 3 is 2.39 bits per heavy atom. The second-order valence-corrected chi connectivity index (χ2v) is 6.28. The molecular formula is C14H17ClINO. The summed E-state index contributed by atoms with van der Waals surface area (Å²) in [7, 11) is 0. The molecular weight excluding hydrogens is 361 g/mol. The Morgan fingerprint density at radius 2 is 1.72 bits per heavy atom. The summed E-state index contributed by atoms with van der Waals surface area (Å²) in [4.78, 5) is 14.5. The van der Waals surface area contributed by atoms with E-state index in [-0.39, 0.29) is 5.91 Å². The van der Waals surface area contributed by atoms with E-state index in [2.05, 4.69) is 22.6 Å². The lowest BCUT2D eigenvalue weighted by Crippen LogP contribution is -2.34. The van der Waals surface area contributed by atoms with Crippen LogP contribution in [0.3, 0.4) is 0 Å². The first-order valence-electron chi connectivity index (χ1n) is 6.43. The predicted octanol–water partition coefficient (Wildman–Crippen LogP) is 4.35. The van der Waals surface area contributed by atoms with E-state index >= 15 is 0 Å². The fourth-order valence-corrected chi connectivity index (χ4v) is 3.02. The Morgan fingerprint density at radius 1 is 1.11 bits per heavy atom. The van der Waals surface area contributed by atoms with E-state index < -0.39 is 0 Å². The first kappa shape index (κ1) is 14.1. The van der Waals surface area contributed by atoms with Crippen LogP contribution in [0.1, 0.15) is 42.5 Å². The molecule has 0 spiro atoms. The molecule has 0 atom stereocenters. The van der Waals surface area contributed by atoms with Crippen LogP contribution in [0.2, 0.25) is 5.02 Å². The van der Waals surface area contributed by atoms with Gasteiger partial charge in [0.25, 0.3) is 5.91 Å². The maximum atomic E-state index is 12.5. The third-order valence-corrected chi connectivity index (χ3v) is 4.48. The predicted molar refractivity (Wildman–Crippen MR) is 83.2 cm³/mol. The molecule has 0 unspecified atom stereocenters. The molecule has 1 heterocycles. The molecule has 2 nitrogen and oxygen atoms in total. The van der Waals surface area contributed by atoms with Crippen LogP contribution >= 0.6 is 34.2 Å². The average molecular weight is 378 g/mol. The highest BCUT2D eigenvalue weighted by Crippen LogP contribution is 2.21. The van der Waals surface area contributed by atoms with E-state index in [1.54, 1.807) is 6.07 Å². The molecule has 4 heteroatoms. The molecule has 98 valence electrons. The molecule has 1 aliphatic heterocycles. The Kier molecular flexibility index (Phi) is 5.30. The summed E-state index contributed by atoms with van der Waals surface area (Å²) >= 11 is 8.18. The summed E-state index contributed by atoms with van der Waals surface area (Å²) < 4.78 is 0.976. The van der Waals surface area contributed by atoms with E-state index in [9.17, 15) is 4.79 Å². The quantitative estimate of drug-likeness (QED) is 0.666. The van der Waals surface area contributed by atoms with Gasteiger partial charge in [-0.05, 0) is 53.6 Å². The van der Waals surface area contributed by atoms with Crippen molar-refractivity contribution in [3.8, 4) is 0 Å². The highest BCUT2D eigenvalue weighted by Gasteiger charge is 2.19. The van der Waals surface area contributed by atoms with Crippen molar-refractivity contribution in [2.75, 3.05) is 13.1 Å². The standard InChI is InChI=1S/C14H17ClINO/c15-11-6-7-13(16)12(10-11)14(18)17-8-4-2-1-3-5-9-17/h6-7,10H,1-5,8-9H2. The van der Waals surface area contributed by atoms with Crippen LogP contribution in [0.25, 0.3) is 0 Å². The minimum absolute atomic E-state index is 0.129. The second kappa shape index (κ2) is 6.75. The number of hydrogen-bond acceptors (Lipinski definition) is 1. The van der Waals surface area contributed by atoms with Gasteiger partial charge < -0.3 is 4.90 Å². The third-order valence-electron chi connectivity index (χ3n) is 3.30. The number of nitrogens with zero attached hydrogens (tertiary/aromatic N) is 1. The van der Waals surface area contributed by atoms with Crippen LogP contribution in [0.5, 0.6) is 0 Å². The van der Waals surface area contributed by atoms with Gasteiger partial charge in [0.15, 0.2) is 0 Å². The van der Waals surface area contributed by atoms with Gasteiger partial charge >= 0.3 is 0 Å². The number of halogens is 2. The molecule has 1 amide bonds. The van der Waals surface area contributed by atoms with Crippen molar-refractivity contribution in [1.82, 2.24) is 4.90 Å². The molecule has 0 aromatic heterocycles. The number of rotatable bonds is 1. The summed E-state index contributed by atoms with van der Waals surface area (Å²) in [6.07, 6.45) is 6.00. The number of hydrogen-bond donors (Lipinski definition) is 0. The third kappa shape index (κ3) is 3.60. The van der Waals surface area contributed by atoms with E-state index in [4.69, 9.17) is 11.6 Å². The van der Waals surface area contributed by atoms with Crippen LogP contribution in [0, 0.1) is 3.57 Å². The molecule has 1 aliphatic rings. The highest BCUT2D eigenvalue weighted by molar-refractivity contribution is 14.1.